The van der Waals surface area contributed by atoms with Crippen molar-refractivity contribution >= 4 is 11.6 Å². The fourth-order valence-electron chi connectivity index (χ4n) is 2.43. The number of nitrogens with one attached hydrogen (secondary N) is 1. The highest BCUT2D eigenvalue weighted by Gasteiger charge is 2.09. The summed E-state index contributed by atoms with van der Waals surface area (Å²) in [5, 5.41) is 6.66. The normalized spacial score (nSPS) is 10.6. The molecule has 2 aromatic heterocycles. The summed E-state index contributed by atoms with van der Waals surface area (Å²) >= 11 is 0. The molecule has 4 rings (SSSR count). The van der Waals surface area contributed by atoms with Crippen LogP contribution in [0.4, 0.5) is 5.69 Å². The minimum Gasteiger partial charge on any atom is -0.342 e. The minimum absolute atomic E-state index is 0.192. The molecule has 0 aliphatic carbocycles. The van der Waals surface area contributed by atoms with Crippen LogP contribution < -0.4 is 5.32 Å². The SMILES string of the molecule is O=C(Nc1cccc(-n2ccnc2)c1)c1ccc(-c2ncon2)cc1. The van der Waals surface area contributed by atoms with Crippen molar-refractivity contribution in [1.29, 1.82) is 0 Å². The maximum absolute atomic E-state index is 12.4. The lowest BCUT2D eigenvalue weighted by Crippen LogP contribution is -2.12. The molecule has 2 aromatic carbocycles. The Bertz CT molecular complexity index is 977. The Balaban J connectivity index is 1.51. The number of anilines is 1. The fraction of sp³-hybridized carbons (Fsp3) is 0. The molecule has 0 radical (unpaired) electrons. The zero-order valence-corrected chi connectivity index (χ0v) is 13.0. The molecule has 7 heteroatoms. The summed E-state index contributed by atoms with van der Waals surface area (Å²) in [6, 6.07) is 14.5. The molecule has 1 amide bonds. The molecular formula is C18H13N5O2. The Kier molecular flexibility index (Phi) is 3.80. The molecule has 0 aliphatic rings. The van der Waals surface area contributed by atoms with Gasteiger partial charge in [-0.2, -0.15) is 4.98 Å². The molecule has 25 heavy (non-hydrogen) atoms. The van der Waals surface area contributed by atoms with E-state index < -0.39 is 0 Å². The van der Waals surface area contributed by atoms with E-state index in [2.05, 4.69) is 20.4 Å². The summed E-state index contributed by atoms with van der Waals surface area (Å²) in [4.78, 5) is 20.4. The van der Waals surface area contributed by atoms with Gasteiger partial charge >= 0.3 is 0 Å². The summed E-state index contributed by atoms with van der Waals surface area (Å²) in [5.41, 5.74) is 2.95. The smallest absolute Gasteiger partial charge is 0.255 e. The molecule has 0 saturated heterocycles. The van der Waals surface area contributed by atoms with Crippen LogP contribution in [0, 0.1) is 0 Å². The van der Waals surface area contributed by atoms with Gasteiger partial charge in [0.05, 0.1) is 6.33 Å². The van der Waals surface area contributed by atoms with Gasteiger partial charge in [-0.3, -0.25) is 4.79 Å². The molecular weight excluding hydrogens is 318 g/mol. The van der Waals surface area contributed by atoms with E-state index >= 15 is 0 Å². The predicted molar refractivity (Wildman–Crippen MR) is 91.3 cm³/mol. The molecule has 0 bridgehead atoms. The first-order valence-corrected chi connectivity index (χ1v) is 7.56. The van der Waals surface area contributed by atoms with E-state index in [9.17, 15) is 4.79 Å². The van der Waals surface area contributed by atoms with Gasteiger partial charge in [-0.05, 0) is 30.3 Å². The number of carbonyl (C=O) groups excluding carboxylic acids is 1. The number of benzene rings is 2. The Morgan fingerprint density at radius 1 is 1.12 bits per heavy atom. The number of aromatic nitrogens is 4. The van der Waals surface area contributed by atoms with Crippen LogP contribution in [0.15, 0.2) is 78.2 Å². The molecule has 122 valence electrons. The number of rotatable bonds is 4. The van der Waals surface area contributed by atoms with Gasteiger partial charge in [0, 0.05) is 34.9 Å². The lowest BCUT2D eigenvalue weighted by atomic mass is 10.1. The van der Waals surface area contributed by atoms with E-state index in [1.165, 1.54) is 6.39 Å². The van der Waals surface area contributed by atoms with Gasteiger partial charge in [0.2, 0.25) is 12.2 Å². The molecule has 7 nitrogen and oxygen atoms in total. The first-order valence-electron chi connectivity index (χ1n) is 7.56. The van der Waals surface area contributed by atoms with E-state index in [-0.39, 0.29) is 5.91 Å². The van der Waals surface area contributed by atoms with Crippen molar-refractivity contribution in [3.8, 4) is 17.1 Å². The van der Waals surface area contributed by atoms with E-state index in [0.717, 1.165) is 11.3 Å². The van der Waals surface area contributed by atoms with Crippen LogP contribution in [0.3, 0.4) is 0 Å². The maximum Gasteiger partial charge on any atom is 0.255 e. The van der Waals surface area contributed by atoms with E-state index in [1.54, 1.807) is 36.8 Å². The van der Waals surface area contributed by atoms with Crippen LogP contribution >= 0.6 is 0 Å². The first kappa shape index (κ1) is 14.8. The molecule has 0 atom stereocenters. The summed E-state index contributed by atoms with van der Waals surface area (Å²) < 4.78 is 6.59. The van der Waals surface area contributed by atoms with Gasteiger partial charge in [-0.15, -0.1) is 0 Å². The van der Waals surface area contributed by atoms with Crippen molar-refractivity contribution in [2.75, 3.05) is 5.32 Å². The second kappa shape index (κ2) is 6.40. The Hall–Kier alpha value is -3.74. The highest BCUT2D eigenvalue weighted by Crippen LogP contribution is 2.18. The summed E-state index contributed by atoms with van der Waals surface area (Å²) in [6.07, 6.45) is 6.52. The average Bonchev–Trinajstić information content (AvgIpc) is 3.36. The largest absolute Gasteiger partial charge is 0.342 e. The molecule has 2 heterocycles. The highest BCUT2D eigenvalue weighted by molar-refractivity contribution is 6.04. The predicted octanol–water partition coefficient (Wildman–Crippen LogP) is 3.17. The number of carbonyl (C=O) groups is 1. The molecule has 0 fully saturated rings. The number of amides is 1. The number of hydrogen-bond donors (Lipinski definition) is 1. The van der Waals surface area contributed by atoms with E-state index in [1.807, 2.05) is 35.0 Å². The zero-order valence-electron chi connectivity index (χ0n) is 13.0. The van der Waals surface area contributed by atoms with Crippen LogP contribution in [0.25, 0.3) is 17.1 Å². The Morgan fingerprint density at radius 3 is 2.72 bits per heavy atom. The highest BCUT2D eigenvalue weighted by atomic mass is 16.5. The van der Waals surface area contributed by atoms with Gasteiger partial charge < -0.3 is 14.4 Å². The topological polar surface area (TPSA) is 85.8 Å². The standard InChI is InChI=1S/C18H13N5O2/c24-18(14-6-4-13(5-7-14)17-20-12-25-22-17)21-15-2-1-3-16(10-15)23-9-8-19-11-23/h1-12H,(H,21,24). The lowest BCUT2D eigenvalue weighted by Gasteiger charge is -2.08. The average molecular weight is 331 g/mol. The van der Waals surface area contributed by atoms with Gasteiger partial charge in [-0.1, -0.05) is 23.4 Å². The number of hydrogen-bond acceptors (Lipinski definition) is 5. The monoisotopic (exact) mass is 331 g/mol. The minimum atomic E-state index is -0.192. The van der Waals surface area contributed by atoms with E-state index in [0.29, 0.717) is 17.1 Å². The number of imidazole rings is 1. The van der Waals surface area contributed by atoms with Crippen LogP contribution in [0.1, 0.15) is 10.4 Å². The van der Waals surface area contributed by atoms with Gasteiger partial charge in [0.15, 0.2) is 0 Å². The van der Waals surface area contributed by atoms with Crippen molar-refractivity contribution in [2.45, 2.75) is 0 Å². The first-order chi connectivity index (χ1) is 12.3. The molecule has 0 aliphatic heterocycles. The summed E-state index contributed by atoms with van der Waals surface area (Å²) in [7, 11) is 0. The quantitative estimate of drug-likeness (QED) is 0.621. The van der Waals surface area contributed by atoms with Crippen molar-refractivity contribution in [1.82, 2.24) is 19.7 Å². The molecule has 0 saturated carbocycles. The number of nitrogens with zero attached hydrogens (tertiary/aromatic N) is 4. The Labute approximate surface area is 143 Å². The summed E-state index contributed by atoms with van der Waals surface area (Å²) in [6.45, 7) is 0. The van der Waals surface area contributed by atoms with Crippen molar-refractivity contribution in [2.24, 2.45) is 0 Å². The second-order valence-corrected chi connectivity index (χ2v) is 5.31. The lowest BCUT2D eigenvalue weighted by molar-refractivity contribution is 0.102. The third kappa shape index (κ3) is 3.16. The van der Waals surface area contributed by atoms with Crippen LogP contribution in [0.2, 0.25) is 0 Å². The maximum atomic E-state index is 12.4. The fourth-order valence-corrected chi connectivity index (χ4v) is 2.43. The zero-order chi connectivity index (χ0) is 17.1. The Morgan fingerprint density at radius 2 is 2.00 bits per heavy atom. The van der Waals surface area contributed by atoms with Gasteiger partial charge in [0.25, 0.3) is 5.91 Å². The van der Waals surface area contributed by atoms with Crippen molar-refractivity contribution in [3.63, 3.8) is 0 Å². The van der Waals surface area contributed by atoms with Crippen molar-refractivity contribution in [3.05, 3.63) is 79.2 Å². The second-order valence-electron chi connectivity index (χ2n) is 5.31. The third-order valence-corrected chi connectivity index (χ3v) is 3.67. The van der Waals surface area contributed by atoms with Crippen LogP contribution in [0.5, 0.6) is 0 Å². The summed E-state index contributed by atoms with van der Waals surface area (Å²) in [5.74, 6) is 0.294. The molecule has 0 unspecified atom stereocenters. The molecule has 4 aromatic rings. The third-order valence-electron chi connectivity index (χ3n) is 3.67. The molecule has 0 spiro atoms. The van der Waals surface area contributed by atoms with Crippen molar-refractivity contribution < 1.29 is 9.32 Å². The van der Waals surface area contributed by atoms with Gasteiger partial charge in [-0.25, -0.2) is 4.98 Å². The van der Waals surface area contributed by atoms with Crippen LogP contribution in [-0.2, 0) is 0 Å². The van der Waals surface area contributed by atoms with E-state index in [4.69, 9.17) is 4.52 Å². The molecule has 1 N–H and O–H groups in total. The van der Waals surface area contributed by atoms with Crippen LogP contribution in [-0.4, -0.2) is 25.6 Å². The van der Waals surface area contributed by atoms with Gasteiger partial charge in [0.1, 0.15) is 0 Å².